The van der Waals surface area contributed by atoms with Crippen LogP contribution in [0.15, 0.2) is 23.2 Å². The Morgan fingerprint density at radius 1 is 1.33 bits per heavy atom. The van der Waals surface area contributed by atoms with Crippen LogP contribution in [0.5, 0.6) is 0 Å². The van der Waals surface area contributed by atoms with Gasteiger partial charge in [-0.15, -0.1) is 24.0 Å². The molecule has 27 heavy (non-hydrogen) atoms. The van der Waals surface area contributed by atoms with Gasteiger partial charge in [-0.1, -0.05) is 0 Å². The van der Waals surface area contributed by atoms with E-state index >= 15 is 0 Å². The van der Waals surface area contributed by atoms with Gasteiger partial charge in [-0.25, -0.2) is 17.2 Å². The van der Waals surface area contributed by atoms with Crippen molar-refractivity contribution in [3.63, 3.8) is 0 Å². The zero-order chi connectivity index (χ0) is 18.7. The van der Waals surface area contributed by atoms with Crippen molar-refractivity contribution < 1.29 is 17.2 Å². The topological polar surface area (TPSA) is 73.8 Å². The van der Waals surface area contributed by atoms with E-state index < -0.39 is 21.5 Å². The molecular weight excluding hydrogens is 489 g/mol. The van der Waals surface area contributed by atoms with E-state index in [-0.39, 0.29) is 47.4 Å². The molecule has 2 aliphatic rings. The molecule has 2 aliphatic heterocycles. The van der Waals surface area contributed by atoms with Crippen molar-refractivity contribution in [3.05, 3.63) is 29.8 Å². The van der Waals surface area contributed by atoms with Crippen LogP contribution in [0.3, 0.4) is 0 Å². The molecule has 0 saturated carbocycles. The van der Waals surface area contributed by atoms with E-state index in [1.807, 2.05) is 4.90 Å². The normalized spacial score (nSPS) is 24.6. The van der Waals surface area contributed by atoms with Crippen molar-refractivity contribution in [2.45, 2.75) is 18.9 Å². The van der Waals surface area contributed by atoms with Gasteiger partial charge < -0.3 is 15.5 Å². The van der Waals surface area contributed by atoms with Gasteiger partial charge in [0.15, 0.2) is 15.8 Å². The Morgan fingerprint density at radius 2 is 2.11 bits per heavy atom. The number of rotatable bonds is 4. The number of anilines is 1. The van der Waals surface area contributed by atoms with Crippen LogP contribution in [-0.4, -0.2) is 58.6 Å². The largest absolute Gasteiger partial charge is 0.367 e. The first-order valence-electron chi connectivity index (χ1n) is 8.74. The zero-order valence-corrected chi connectivity index (χ0v) is 18.3. The molecule has 10 heteroatoms. The molecule has 3 rings (SSSR count). The number of benzene rings is 1. The van der Waals surface area contributed by atoms with Gasteiger partial charge in [0.2, 0.25) is 0 Å². The molecule has 1 aromatic rings. The van der Waals surface area contributed by atoms with Gasteiger partial charge in [0.05, 0.1) is 17.2 Å². The summed E-state index contributed by atoms with van der Waals surface area (Å²) >= 11 is 0. The fraction of sp³-hybridized carbons (Fsp3) is 0.588. The van der Waals surface area contributed by atoms with Gasteiger partial charge in [-0.3, -0.25) is 4.99 Å². The maximum atomic E-state index is 13.9. The summed E-state index contributed by atoms with van der Waals surface area (Å²) in [6.07, 6.45) is 1.47. The van der Waals surface area contributed by atoms with Gasteiger partial charge >= 0.3 is 0 Å². The lowest BCUT2D eigenvalue weighted by molar-refractivity contribution is 0.559. The first-order valence-corrected chi connectivity index (χ1v) is 10.6. The predicted octanol–water partition coefficient (Wildman–Crippen LogP) is 1.76. The third kappa shape index (κ3) is 5.90. The lowest BCUT2D eigenvalue weighted by atomic mass is 10.1. The Kier molecular flexibility index (Phi) is 7.66. The lowest BCUT2D eigenvalue weighted by Gasteiger charge is -2.21. The van der Waals surface area contributed by atoms with Crippen LogP contribution in [0.1, 0.15) is 12.8 Å². The minimum Gasteiger partial charge on any atom is -0.367 e. The van der Waals surface area contributed by atoms with Crippen LogP contribution in [-0.2, 0) is 9.84 Å². The smallest absolute Gasteiger partial charge is 0.191 e. The highest BCUT2D eigenvalue weighted by molar-refractivity contribution is 14.0. The Balaban J connectivity index is 0.00000261. The Hall–Kier alpha value is -1.17. The number of halogens is 3. The Morgan fingerprint density at radius 3 is 2.74 bits per heavy atom. The number of hydrogen-bond donors (Lipinski definition) is 2. The standard InChI is InChI=1S/C17H24F2N4O2S.HI/c1-20-17(21-9-12-5-7-26(24,25)11-12)22-14-4-6-23(10-14)16-3-2-13(18)8-15(16)19;/h2-3,8,12,14H,4-7,9-11H2,1H3,(H2,20,21,22);1H. The molecule has 2 saturated heterocycles. The third-order valence-corrected chi connectivity index (χ3v) is 6.73. The maximum absolute atomic E-state index is 13.9. The molecule has 2 N–H and O–H groups in total. The summed E-state index contributed by atoms with van der Waals surface area (Å²) in [6.45, 7) is 1.81. The average molecular weight is 514 g/mol. The van der Waals surface area contributed by atoms with Gasteiger partial charge in [0, 0.05) is 38.8 Å². The Labute approximate surface area is 175 Å². The Bertz CT molecular complexity index is 791. The molecule has 2 unspecified atom stereocenters. The quantitative estimate of drug-likeness (QED) is 0.364. The van der Waals surface area contributed by atoms with Gasteiger partial charge in [0.25, 0.3) is 0 Å². The summed E-state index contributed by atoms with van der Waals surface area (Å²) < 4.78 is 50.0. The van der Waals surface area contributed by atoms with Crippen molar-refractivity contribution in [3.8, 4) is 0 Å². The second kappa shape index (κ2) is 9.35. The molecule has 0 amide bonds. The van der Waals surface area contributed by atoms with E-state index in [9.17, 15) is 17.2 Å². The van der Waals surface area contributed by atoms with Crippen molar-refractivity contribution in [2.75, 3.05) is 43.1 Å². The second-order valence-electron chi connectivity index (χ2n) is 6.89. The lowest BCUT2D eigenvalue weighted by Crippen LogP contribution is -2.46. The first-order chi connectivity index (χ1) is 12.4. The maximum Gasteiger partial charge on any atom is 0.191 e. The van der Waals surface area contributed by atoms with Gasteiger partial charge in [0.1, 0.15) is 11.6 Å². The molecule has 0 aromatic heterocycles. The molecule has 0 radical (unpaired) electrons. The number of guanidine groups is 1. The second-order valence-corrected chi connectivity index (χ2v) is 9.12. The van der Waals surface area contributed by atoms with E-state index in [1.54, 1.807) is 7.05 Å². The summed E-state index contributed by atoms with van der Waals surface area (Å²) in [5.74, 6) is 0.0476. The van der Waals surface area contributed by atoms with Crippen LogP contribution in [0.25, 0.3) is 0 Å². The number of sulfone groups is 1. The monoisotopic (exact) mass is 514 g/mol. The molecule has 2 heterocycles. The van der Waals surface area contributed by atoms with Gasteiger partial charge in [-0.05, 0) is 30.9 Å². The molecule has 0 bridgehead atoms. The van der Waals surface area contributed by atoms with Crippen molar-refractivity contribution in [1.82, 2.24) is 10.6 Å². The van der Waals surface area contributed by atoms with Crippen LogP contribution in [0, 0.1) is 17.6 Å². The highest BCUT2D eigenvalue weighted by Crippen LogP contribution is 2.24. The van der Waals surface area contributed by atoms with E-state index in [0.717, 1.165) is 12.5 Å². The molecule has 0 aliphatic carbocycles. The fourth-order valence-electron chi connectivity index (χ4n) is 3.50. The molecule has 2 atom stereocenters. The van der Waals surface area contributed by atoms with Crippen molar-refractivity contribution in [1.29, 1.82) is 0 Å². The summed E-state index contributed by atoms with van der Waals surface area (Å²) in [5, 5.41) is 6.47. The van der Waals surface area contributed by atoms with Crippen molar-refractivity contribution in [2.24, 2.45) is 10.9 Å². The van der Waals surface area contributed by atoms with Crippen LogP contribution < -0.4 is 15.5 Å². The van der Waals surface area contributed by atoms with Crippen LogP contribution >= 0.6 is 24.0 Å². The number of nitrogens with one attached hydrogen (secondary N) is 2. The fourth-order valence-corrected chi connectivity index (χ4v) is 5.36. The van der Waals surface area contributed by atoms with Crippen LogP contribution in [0.2, 0.25) is 0 Å². The summed E-state index contributed by atoms with van der Waals surface area (Å²) in [6, 6.07) is 3.69. The van der Waals surface area contributed by atoms with E-state index in [2.05, 4.69) is 15.6 Å². The highest BCUT2D eigenvalue weighted by Gasteiger charge is 2.29. The minimum atomic E-state index is -2.89. The highest BCUT2D eigenvalue weighted by atomic mass is 127. The zero-order valence-electron chi connectivity index (χ0n) is 15.1. The summed E-state index contributed by atoms with van der Waals surface area (Å²) in [4.78, 5) is 6.06. The molecule has 152 valence electrons. The molecular formula is C17H25F2IN4O2S. The summed E-state index contributed by atoms with van der Waals surface area (Å²) in [7, 11) is -1.23. The molecule has 6 nitrogen and oxygen atoms in total. The number of aliphatic imine (C=N–C) groups is 1. The van der Waals surface area contributed by atoms with E-state index in [1.165, 1.54) is 12.1 Å². The van der Waals surface area contributed by atoms with E-state index in [4.69, 9.17) is 0 Å². The molecule has 0 spiro atoms. The van der Waals surface area contributed by atoms with E-state index in [0.29, 0.717) is 37.7 Å². The molecule has 2 fully saturated rings. The minimum absolute atomic E-state index is 0. The van der Waals surface area contributed by atoms with Crippen molar-refractivity contribution >= 4 is 45.5 Å². The third-order valence-electron chi connectivity index (χ3n) is 4.89. The first kappa shape index (κ1) is 22.1. The SMILES string of the molecule is CN=C(NCC1CCS(=O)(=O)C1)NC1CCN(c2ccc(F)cc2F)C1.I. The average Bonchev–Trinajstić information content (AvgIpc) is 3.17. The molecule has 1 aromatic carbocycles. The van der Waals surface area contributed by atoms with Gasteiger partial charge in [-0.2, -0.15) is 0 Å². The van der Waals surface area contributed by atoms with Crippen LogP contribution in [0.4, 0.5) is 14.5 Å². The predicted molar refractivity (Wildman–Crippen MR) is 114 cm³/mol. The summed E-state index contributed by atoms with van der Waals surface area (Å²) in [5.41, 5.74) is 0.398. The number of nitrogens with zero attached hydrogens (tertiary/aromatic N) is 2. The number of hydrogen-bond acceptors (Lipinski definition) is 4.